The van der Waals surface area contributed by atoms with E-state index >= 15 is 0 Å². The molecule has 0 amide bonds. The third kappa shape index (κ3) is 5.64. The zero-order valence-electron chi connectivity index (χ0n) is 18.2. The highest BCUT2D eigenvalue weighted by Crippen LogP contribution is 2.25. The zero-order chi connectivity index (χ0) is 22.2. The molecule has 31 heavy (non-hydrogen) atoms. The summed E-state index contributed by atoms with van der Waals surface area (Å²) in [5.41, 5.74) is 1.91. The number of benzene rings is 2. The summed E-state index contributed by atoms with van der Waals surface area (Å²) in [7, 11) is 5.06. The van der Waals surface area contributed by atoms with Gasteiger partial charge in [-0.1, -0.05) is 6.07 Å². The molecule has 0 radical (unpaired) electrons. The predicted molar refractivity (Wildman–Crippen MR) is 118 cm³/mol. The summed E-state index contributed by atoms with van der Waals surface area (Å²) in [6.45, 7) is 4.43. The van der Waals surface area contributed by atoms with Crippen molar-refractivity contribution in [2.75, 3.05) is 47.4 Å². The Labute approximate surface area is 182 Å². The summed E-state index contributed by atoms with van der Waals surface area (Å²) in [5, 5.41) is 12.1. The Morgan fingerprint density at radius 2 is 1.87 bits per heavy atom. The lowest BCUT2D eigenvalue weighted by molar-refractivity contribution is 0.171. The molecular weight excluding hydrogens is 397 g/mol. The van der Waals surface area contributed by atoms with E-state index in [1.807, 2.05) is 24.3 Å². The highest BCUT2D eigenvalue weighted by atomic mass is 19.1. The molecule has 1 aliphatic rings. The molecule has 3 rings (SSSR count). The molecule has 1 heterocycles. The van der Waals surface area contributed by atoms with Crippen molar-refractivity contribution in [3.63, 3.8) is 0 Å². The number of aliphatic imine (C=N–C) groups is 1. The molecule has 0 aliphatic carbocycles. The fourth-order valence-electron chi connectivity index (χ4n) is 3.63. The fourth-order valence-corrected chi connectivity index (χ4v) is 3.63. The number of nitrogens with zero attached hydrogens (tertiary/aromatic N) is 4. The van der Waals surface area contributed by atoms with E-state index in [1.54, 1.807) is 33.4 Å². The maximum atomic E-state index is 14.1. The Morgan fingerprint density at radius 1 is 1.10 bits per heavy atom. The number of hydrogen-bond donors (Lipinski definition) is 1. The van der Waals surface area contributed by atoms with E-state index in [2.05, 4.69) is 20.1 Å². The van der Waals surface area contributed by atoms with Gasteiger partial charge in [0.15, 0.2) is 5.96 Å². The predicted octanol–water partition coefficient (Wildman–Crippen LogP) is 2.61. The Hall–Kier alpha value is -3.31. The van der Waals surface area contributed by atoms with Crippen LogP contribution in [0.4, 0.5) is 4.39 Å². The normalized spacial score (nSPS) is 14.8. The van der Waals surface area contributed by atoms with Crippen LogP contribution in [0.25, 0.3) is 0 Å². The second kappa shape index (κ2) is 10.6. The minimum atomic E-state index is -0.390. The first kappa shape index (κ1) is 22.4. The minimum Gasteiger partial charge on any atom is -0.497 e. The van der Waals surface area contributed by atoms with Crippen molar-refractivity contribution < 1.29 is 13.9 Å². The molecule has 1 fully saturated rings. The van der Waals surface area contributed by atoms with Crippen LogP contribution in [0.3, 0.4) is 0 Å². The van der Waals surface area contributed by atoms with E-state index in [9.17, 15) is 4.39 Å². The molecule has 0 saturated carbocycles. The number of methoxy groups -OCH3 is 2. The standard InChI is InChI=1S/C23H28FN5O2/c1-26-23(27-15-18-5-4-17(14-25)12-21(18)24)29-10-8-28(9-11-29)16-19-13-20(30-2)6-7-22(19)31-3/h4-7,12-13H,8-11,15-16H2,1-3H3,(H,26,27). The first-order valence-electron chi connectivity index (χ1n) is 10.1. The van der Waals surface area contributed by atoms with E-state index in [-0.39, 0.29) is 5.82 Å². The lowest BCUT2D eigenvalue weighted by Gasteiger charge is -2.36. The van der Waals surface area contributed by atoms with Gasteiger partial charge in [-0.3, -0.25) is 9.89 Å². The summed E-state index contributed by atoms with van der Waals surface area (Å²) in [6, 6.07) is 12.3. The van der Waals surface area contributed by atoms with Crippen molar-refractivity contribution in [2.45, 2.75) is 13.1 Å². The van der Waals surface area contributed by atoms with Crippen LogP contribution in [0.5, 0.6) is 11.5 Å². The van der Waals surface area contributed by atoms with Gasteiger partial charge >= 0.3 is 0 Å². The molecule has 2 aromatic carbocycles. The highest BCUT2D eigenvalue weighted by molar-refractivity contribution is 5.80. The quantitative estimate of drug-likeness (QED) is 0.567. The average Bonchev–Trinajstić information content (AvgIpc) is 2.81. The maximum Gasteiger partial charge on any atom is 0.194 e. The number of hydrogen-bond acceptors (Lipinski definition) is 5. The van der Waals surface area contributed by atoms with Gasteiger partial charge in [-0.25, -0.2) is 4.39 Å². The number of nitrogens with one attached hydrogen (secondary N) is 1. The first-order chi connectivity index (χ1) is 15.1. The van der Waals surface area contributed by atoms with E-state index in [0.717, 1.165) is 55.7 Å². The Morgan fingerprint density at radius 3 is 2.48 bits per heavy atom. The Bertz CT molecular complexity index is 965. The number of piperazine rings is 1. The molecule has 8 heteroatoms. The SMILES string of the molecule is CN=C(NCc1ccc(C#N)cc1F)N1CCN(Cc2cc(OC)ccc2OC)CC1. The van der Waals surface area contributed by atoms with Crippen LogP contribution in [-0.2, 0) is 13.1 Å². The minimum absolute atomic E-state index is 0.311. The van der Waals surface area contributed by atoms with Crippen molar-refractivity contribution >= 4 is 5.96 Å². The van der Waals surface area contributed by atoms with Crippen LogP contribution in [0, 0.1) is 17.1 Å². The van der Waals surface area contributed by atoms with E-state index in [0.29, 0.717) is 17.7 Å². The molecular formula is C23H28FN5O2. The topological polar surface area (TPSA) is 73.1 Å². The molecule has 0 unspecified atom stereocenters. The fraction of sp³-hybridized carbons (Fsp3) is 0.391. The van der Waals surface area contributed by atoms with Gasteiger partial charge in [0.05, 0.1) is 25.9 Å². The van der Waals surface area contributed by atoms with Crippen LogP contribution in [0.15, 0.2) is 41.4 Å². The molecule has 0 atom stereocenters. The van der Waals surface area contributed by atoms with Crippen LogP contribution in [-0.4, -0.2) is 63.2 Å². The molecule has 1 aliphatic heterocycles. The summed E-state index contributed by atoms with van der Waals surface area (Å²) in [5.74, 6) is 2.01. The number of nitriles is 1. The lowest BCUT2D eigenvalue weighted by atomic mass is 10.1. The van der Waals surface area contributed by atoms with Gasteiger partial charge in [-0.2, -0.15) is 5.26 Å². The lowest BCUT2D eigenvalue weighted by Crippen LogP contribution is -2.52. The summed E-state index contributed by atoms with van der Waals surface area (Å²) in [4.78, 5) is 8.88. The van der Waals surface area contributed by atoms with E-state index in [1.165, 1.54) is 6.07 Å². The molecule has 1 N–H and O–H groups in total. The highest BCUT2D eigenvalue weighted by Gasteiger charge is 2.21. The van der Waals surface area contributed by atoms with Crippen LogP contribution in [0.1, 0.15) is 16.7 Å². The van der Waals surface area contributed by atoms with E-state index < -0.39 is 0 Å². The molecule has 0 aromatic heterocycles. The largest absolute Gasteiger partial charge is 0.497 e. The molecule has 0 spiro atoms. The van der Waals surface area contributed by atoms with Gasteiger partial charge in [-0.15, -0.1) is 0 Å². The number of rotatable bonds is 6. The monoisotopic (exact) mass is 425 g/mol. The van der Waals surface area contributed by atoms with Gasteiger partial charge < -0.3 is 19.7 Å². The van der Waals surface area contributed by atoms with Gasteiger partial charge in [-0.05, 0) is 30.3 Å². The number of ether oxygens (including phenoxy) is 2. The van der Waals surface area contributed by atoms with Gasteiger partial charge in [0.1, 0.15) is 17.3 Å². The molecule has 164 valence electrons. The van der Waals surface area contributed by atoms with Gasteiger partial charge in [0.2, 0.25) is 0 Å². The third-order valence-corrected chi connectivity index (χ3v) is 5.38. The van der Waals surface area contributed by atoms with Crippen LogP contribution >= 0.6 is 0 Å². The first-order valence-corrected chi connectivity index (χ1v) is 10.1. The van der Waals surface area contributed by atoms with Crippen molar-refractivity contribution in [2.24, 2.45) is 4.99 Å². The number of halogens is 1. The summed E-state index contributed by atoms with van der Waals surface area (Å²) < 4.78 is 25.0. The second-order valence-corrected chi connectivity index (χ2v) is 7.26. The van der Waals surface area contributed by atoms with Crippen molar-refractivity contribution in [3.05, 3.63) is 58.9 Å². The maximum absolute atomic E-state index is 14.1. The van der Waals surface area contributed by atoms with Gasteiger partial charge in [0, 0.05) is 57.4 Å². The van der Waals surface area contributed by atoms with Crippen molar-refractivity contribution in [3.8, 4) is 17.6 Å². The Balaban J connectivity index is 1.55. The summed E-state index contributed by atoms with van der Waals surface area (Å²) >= 11 is 0. The Kier molecular flexibility index (Phi) is 7.68. The van der Waals surface area contributed by atoms with Crippen molar-refractivity contribution in [1.29, 1.82) is 5.26 Å². The molecule has 1 saturated heterocycles. The molecule has 2 aromatic rings. The third-order valence-electron chi connectivity index (χ3n) is 5.38. The smallest absolute Gasteiger partial charge is 0.194 e. The molecule has 0 bridgehead atoms. The second-order valence-electron chi connectivity index (χ2n) is 7.26. The summed E-state index contributed by atoms with van der Waals surface area (Å²) in [6.07, 6.45) is 0. The van der Waals surface area contributed by atoms with Gasteiger partial charge in [0.25, 0.3) is 0 Å². The number of guanidine groups is 1. The average molecular weight is 426 g/mol. The molecule has 7 nitrogen and oxygen atoms in total. The zero-order valence-corrected chi connectivity index (χ0v) is 18.2. The van der Waals surface area contributed by atoms with Crippen LogP contribution in [0.2, 0.25) is 0 Å². The van der Waals surface area contributed by atoms with Crippen molar-refractivity contribution in [1.82, 2.24) is 15.1 Å². The van der Waals surface area contributed by atoms with Crippen LogP contribution < -0.4 is 14.8 Å². The van der Waals surface area contributed by atoms with E-state index in [4.69, 9.17) is 14.7 Å².